The second-order valence-corrected chi connectivity index (χ2v) is 10.3. The summed E-state index contributed by atoms with van der Waals surface area (Å²) in [5.74, 6) is 1.91. The molecule has 2 aromatic carbocycles. The van der Waals surface area contributed by atoms with Crippen molar-refractivity contribution in [1.82, 2.24) is 0 Å². The fourth-order valence-corrected chi connectivity index (χ4v) is 7.38. The molecule has 1 heterocycles. The van der Waals surface area contributed by atoms with Gasteiger partial charge in [-0.25, -0.2) is 0 Å². The molecule has 0 radical (unpaired) electrons. The van der Waals surface area contributed by atoms with Crippen molar-refractivity contribution in [3.05, 3.63) is 36.4 Å². The van der Waals surface area contributed by atoms with E-state index in [0.717, 1.165) is 54.0 Å². The van der Waals surface area contributed by atoms with Gasteiger partial charge in [-0.2, -0.15) is 0 Å². The maximum atomic E-state index is 13.5. The number of alkyl halides is 1. The molecule has 3 aromatic rings. The van der Waals surface area contributed by atoms with Crippen LogP contribution >= 0.6 is 11.6 Å². The minimum atomic E-state index is -0.348. The van der Waals surface area contributed by atoms with Gasteiger partial charge in [0.1, 0.15) is 16.9 Å². The Morgan fingerprint density at radius 1 is 1.10 bits per heavy atom. The highest BCUT2D eigenvalue weighted by Crippen LogP contribution is 2.64. The van der Waals surface area contributed by atoms with E-state index in [1.807, 2.05) is 36.4 Å². The van der Waals surface area contributed by atoms with Gasteiger partial charge < -0.3 is 14.5 Å². The number of ether oxygens (including phenoxy) is 1. The van der Waals surface area contributed by atoms with E-state index >= 15 is 0 Å². The van der Waals surface area contributed by atoms with E-state index in [9.17, 15) is 4.79 Å². The quantitative estimate of drug-likeness (QED) is 0.531. The van der Waals surface area contributed by atoms with Gasteiger partial charge >= 0.3 is 0 Å². The van der Waals surface area contributed by atoms with Crippen LogP contribution in [-0.4, -0.2) is 17.9 Å². The van der Waals surface area contributed by atoms with E-state index in [4.69, 9.17) is 20.8 Å². The maximum Gasteiger partial charge on any atom is 0.230 e. The molecule has 4 fully saturated rings. The van der Waals surface area contributed by atoms with Crippen LogP contribution in [0.1, 0.15) is 38.5 Å². The lowest BCUT2D eigenvalue weighted by Crippen LogP contribution is -2.57. The molecule has 4 atom stereocenters. The SMILES string of the molecule is COc1cc2c(cc1NC(=O)C13C[C@@H]4C[C@@H](CC(Cl)(C4)C1)C3)oc1ccccc12. The fourth-order valence-electron chi connectivity index (χ4n) is 6.69. The number of nitrogens with one attached hydrogen (secondary N) is 1. The van der Waals surface area contributed by atoms with Crippen LogP contribution in [0.2, 0.25) is 0 Å². The normalized spacial score (nSPS) is 32.8. The Morgan fingerprint density at radius 2 is 1.86 bits per heavy atom. The van der Waals surface area contributed by atoms with E-state index in [1.54, 1.807) is 7.11 Å². The molecule has 150 valence electrons. The first kappa shape index (κ1) is 17.6. The van der Waals surface area contributed by atoms with Crippen molar-refractivity contribution in [2.24, 2.45) is 17.3 Å². The lowest BCUT2D eigenvalue weighted by atomic mass is 9.49. The van der Waals surface area contributed by atoms with Crippen molar-refractivity contribution >= 4 is 45.1 Å². The second-order valence-electron chi connectivity index (χ2n) is 9.49. The molecule has 0 aliphatic heterocycles. The molecule has 0 saturated heterocycles. The molecule has 4 bridgehead atoms. The van der Waals surface area contributed by atoms with Gasteiger partial charge in [-0.15, -0.1) is 11.6 Å². The molecule has 4 aliphatic carbocycles. The van der Waals surface area contributed by atoms with E-state index < -0.39 is 0 Å². The number of rotatable bonds is 3. The maximum absolute atomic E-state index is 13.5. The molecule has 1 aromatic heterocycles. The number of methoxy groups -OCH3 is 1. The average Bonchev–Trinajstić information content (AvgIpc) is 3.02. The van der Waals surface area contributed by atoms with Gasteiger partial charge in [-0.05, 0) is 62.5 Å². The number of para-hydroxylation sites is 1. The topological polar surface area (TPSA) is 51.5 Å². The highest BCUT2D eigenvalue weighted by atomic mass is 35.5. The minimum absolute atomic E-state index is 0.0883. The lowest BCUT2D eigenvalue weighted by molar-refractivity contribution is -0.138. The standard InChI is InChI=1S/C24H24ClNO3/c1-28-21-7-17-16-4-2-3-5-19(16)29-20(17)8-18(21)26-22(27)23-9-14-6-15(10-23)12-24(25,11-14)13-23/h2-5,7-8,14-15H,6,9-13H2,1H3,(H,26,27)/t14-,15+,23?,24?. The Morgan fingerprint density at radius 3 is 2.59 bits per heavy atom. The summed E-state index contributed by atoms with van der Waals surface area (Å²) in [7, 11) is 1.64. The second kappa shape index (κ2) is 5.91. The Kier molecular flexibility index (Phi) is 3.60. The van der Waals surface area contributed by atoms with Crippen molar-refractivity contribution in [3.63, 3.8) is 0 Å². The minimum Gasteiger partial charge on any atom is -0.495 e. The number of halogens is 1. The van der Waals surface area contributed by atoms with E-state index in [0.29, 0.717) is 23.3 Å². The third kappa shape index (κ3) is 2.61. The number of benzene rings is 2. The van der Waals surface area contributed by atoms with Crippen LogP contribution in [0.15, 0.2) is 40.8 Å². The number of fused-ring (bicyclic) bond motifs is 3. The van der Waals surface area contributed by atoms with E-state index in [-0.39, 0.29) is 16.2 Å². The smallest absolute Gasteiger partial charge is 0.230 e. The molecular weight excluding hydrogens is 386 g/mol. The van der Waals surface area contributed by atoms with Crippen molar-refractivity contribution in [2.75, 3.05) is 12.4 Å². The van der Waals surface area contributed by atoms with Crippen LogP contribution in [0.5, 0.6) is 5.75 Å². The third-order valence-electron chi connectivity index (χ3n) is 7.42. The monoisotopic (exact) mass is 409 g/mol. The molecule has 0 spiro atoms. The summed E-state index contributed by atoms with van der Waals surface area (Å²) >= 11 is 6.93. The zero-order chi connectivity index (χ0) is 19.8. The molecule has 1 N–H and O–H groups in total. The molecule has 4 nitrogen and oxygen atoms in total. The van der Waals surface area contributed by atoms with E-state index in [2.05, 4.69) is 5.32 Å². The summed E-state index contributed by atoms with van der Waals surface area (Å²) in [5.41, 5.74) is 1.91. The predicted octanol–water partition coefficient (Wildman–Crippen LogP) is 6.11. The number of hydrogen-bond donors (Lipinski definition) is 1. The molecule has 1 amide bonds. The van der Waals surface area contributed by atoms with Crippen molar-refractivity contribution in [3.8, 4) is 5.75 Å². The Hall–Kier alpha value is -2.20. The van der Waals surface area contributed by atoms with Crippen molar-refractivity contribution < 1.29 is 13.9 Å². The van der Waals surface area contributed by atoms with Crippen LogP contribution in [0.4, 0.5) is 5.69 Å². The van der Waals surface area contributed by atoms with E-state index in [1.165, 1.54) is 6.42 Å². The largest absolute Gasteiger partial charge is 0.495 e. The summed E-state index contributed by atoms with van der Waals surface area (Å²) in [4.78, 5) is 13.3. The summed E-state index contributed by atoms with van der Waals surface area (Å²) in [6.45, 7) is 0. The zero-order valence-electron chi connectivity index (χ0n) is 16.5. The molecule has 4 aliphatic rings. The summed E-state index contributed by atoms with van der Waals surface area (Å²) in [6.07, 6.45) is 6.06. The summed E-state index contributed by atoms with van der Waals surface area (Å²) < 4.78 is 11.6. The first-order chi connectivity index (χ1) is 14.0. The third-order valence-corrected chi connectivity index (χ3v) is 7.86. The number of anilines is 1. The van der Waals surface area contributed by atoms with Gasteiger partial charge in [0, 0.05) is 21.7 Å². The molecule has 7 rings (SSSR count). The van der Waals surface area contributed by atoms with Gasteiger partial charge in [0.05, 0.1) is 18.2 Å². The van der Waals surface area contributed by atoms with Crippen LogP contribution in [-0.2, 0) is 4.79 Å². The Bertz CT molecular complexity index is 1140. The molecule has 4 saturated carbocycles. The number of amides is 1. The fraction of sp³-hybridized carbons (Fsp3) is 0.458. The Labute approximate surface area is 174 Å². The van der Waals surface area contributed by atoms with Gasteiger partial charge in [0.2, 0.25) is 5.91 Å². The first-order valence-electron chi connectivity index (χ1n) is 10.5. The van der Waals surface area contributed by atoms with Gasteiger partial charge in [-0.3, -0.25) is 4.79 Å². The van der Waals surface area contributed by atoms with Gasteiger partial charge in [-0.1, -0.05) is 18.2 Å². The molecule has 5 heteroatoms. The summed E-state index contributed by atoms with van der Waals surface area (Å²) in [5, 5.41) is 5.23. The molecule has 2 unspecified atom stereocenters. The number of hydrogen-bond acceptors (Lipinski definition) is 3. The Balaban J connectivity index is 1.38. The predicted molar refractivity (Wildman–Crippen MR) is 115 cm³/mol. The lowest BCUT2D eigenvalue weighted by Gasteiger charge is -2.59. The number of furan rings is 1. The molecule has 29 heavy (non-hydrogen) atoms. The number of carbonyl (C=O) groups excluding carboxylic acids is 1. The zero-order valence-corrected chi connectivity index (χ0v) is 17.2. The van der Waals surface area contributed by atoms with Crippen molar-refractivity contribution in [1.29, 1.82) is 0 Å². The van der Waals surface area contributed by atoms with Gasteiger partial charge in [0.15, 0.2) is 0 Å². The van der Waals surface area contributed by atoms with Crippen molar-refractivity contribution in [2.45, 2.75) is 43.4 Å². The molecular formula is C24H24ClNO3. The van der Waals surface area contributed by atoms with Crippen LogP contribution in [0.25, 0.3) is 21.9 Å². The summed E-state index contributed by atoms with van der Waals surface area (Å²) in [6, 6.07) is 11.8. The number of carbonyl (C=O) groups is 1. The average molecular weight is 410 g/mol. The van der Waals surface area contributed by atoms with Crippen LogP contribution in [0.3, 0.4) is 0 Å². The first-order valence-corrected chi connectivity index (χ1v) is 10.8. The van der Waals surface area contributed by atoms with Crippen LogP contribution in [0, 0.1) is 17.3 Å². The van der Waals surface area contributed by atoms with Gasteiger partial charge in [0.25, 0.3) is 0 Å². The highest BCUT2D eigenvalue weighted by Gasteiger charge is 2.60. The highest BCUT2D eigenvalue weighted by molar-refractivity contribution is 6.24. The van der Waals surface area contributed by atoms with Crippen LogP contribution < -0.4 is 10.1 Å².